The molecule has 1 aromatic heterocycles. The molecule has 8 nitrogen and oxygen atoms in total. The van der Waals surface area contributed by atoms with Gasteiger partial charge in [-0.25, -0.2) is 4.57 Å². The Morgan fingerprint density at radius 1 is 1.39 bits per heavy atom. The summed E-state index contributed by atoms with van der Waals surface area (Å²) in [5.74, 6) is -0.156. The van der Waals surface area contributed by atoms with E-state index in [1.165, 1.54) is 6.20 Å². The molecule has 5 N–H and O–H groups in total. The van der Waals surface area contributed by atoms with E-state index in [9.17, 15) is 9.90 Å². The van der Waals surface area contributed by atoms with Gasteiger partial charge < -0.3 is 24.9 Å². The number of rotatable bonds is 2. The van der Waals surface area contributed by atoms with Crippen LogP contribution < -0.4 is 0 Å². The van der Waals surface area contributed by atoms with Crippen molar-refractivity contribution in [3.63, 3.8) is 0 Å². The number of pyridine rings is 1. The van der Waals surface area contributed by atoms with Gasteiger partial charge in [-0.2, -0.15) is 0 Å². The third kappa shape index (κ3) is 8.12. The van der Waals surface area contributed by atoms with Crippen LogP contribution in [0.4, 0.5) is 0 Å². The molecule has 0 amide bonds. The van der Waals surface area contributed by atoms with Gasteiger partial charge in [-0.1, -0.05) is 0 Å². The van der Waals surface area contributed by atoms with E-state index < -0.39 is 7.82 Å². The minimum absolute atomic E-state index is 0. The summed E-state index contributed by atoms with van der Waals surface area (Å²) in [4.78, 5) is 35.8. The first-order valence-corrected chi connectivity index (χ1v) is 5.79. The van der Waals surface area contributed by atoms with Crippen LogP contribution in [0.3, 0.4) is 0 Å². The van der Waals surface area contributed by atoms with E-state index in [-0.39, 0.29) is 55.7 Å². The second-order valence-electron chi connectivity index (χ2n) is 2.92. The van der Waals surface area contributed by atoms with Crippen LogP contribution in [0.1, 0.15) is 21.6 Å². The fourth-order valence-electron chi connectivity index (χ4n) is 0.910. The van der Waals surface area contributed by atoms with Crippen molar-refractivity contribution >= 4 is 51.8 Å². The van der Waals surface area contributed by atoms with Crippen LogP contribution in [-0.4, -0.2) is 73.9 Å². The SMILES string of the molecule is Cc1ncc(CO)c(C=O)c1O.O=P(O)(O)O.[Ca]. The van der Waals surface area contributed by atoms with Crippen molar-refractivity contribution in [2.75, 3.05) is 0 Å². The van der Waals surface area contributed by atoms with Crippen LogP contribution in [0.5, 0.6) is 5.75 Å². The zero-order chi connectivity index (χ0) is 13.6. The topological polar surface area (TPSA) is 148 Å². The van der Waals surface area contributed by atoms with Gasteiger partial charge in [-0.05, 0) is 6.92 Å². The summed E-state index contributed by atoms with van der Waals surface area (Å²) in [6.45, 7) is 1.29. The molecule has 10 heteroatoms. The van der Waals surface area contributed by atoms with Crippen LogP contribution in [0.2, 0.25) is 0 Å². The standard InChI is InChI=1S/C8H9NO3.Ca.H3O4P/c1-5-8(12)7(4-11)6(3-10)2-9-5;;1-5(2,3)4/h2,4,10,12H,3H2,1H3;;(H3,1,2,3,4). The number of hydrogen-bond donors (Lipinski definition) is 5. The molecule has 1 aromatic rings. The number of carbonyl (C=O) groups excluding carboxylic acids is 1. The van der Waals surface area contributed by atoms with Crippen LogP contribution in [0.25, 0.3) is 0 Å². The predicted molar refractivity (Wildman–Crippen MR) is 62.0 cm³/mol. The third-order valence-electron chi connectivity index (χ3n) is 1.65. The third-order valence-corrected chi connectivity index (χ3v) is 1.65. The molecule has 0 atom stereocenters. The Morgan fingerprint density at radius 2 is 1.83 bits per heavy atom. The second kappa shape index (κ2) is 8.95. The molecule has 0 aromatic carbocycles. The molecule has 18 heavy (non-hydrogen) atoms. The van der Waals surface area contributed by atoms with E-state index in [1.54, 1.807) is 6.92 Å². The molecule has 0 aliphatic heterocycles. The minimum atomic E-state index is -4.64. The Morgan fingerprint density at radius 3 is 2.17 bits per heavy atom. The molecule has 2 radical (unpaired) electrons. The number of aliphatic hydroxyl groups is 1. The Balaban J connectivity index is 0. The number of aldehydes is 1. The molecule has 0 aliphatic rings. The van der Waals surface area contributed by atoms with Crippen molar-refractivity contribution in [3.8, 4) is 5.75 Å². The van der Waals surface area contributed by atoms with Crippen molar-refractivity contribution in [1.82, 2.24) is 4.98 Å². The largest absolute Gasteiger partial charge is 0.505 e. The minimum Gasteiger partial charge on any atom is -0.505 e. The van der Waals surface area contributed by atoms with Gasteiger partial charge >= 0.3 is 7.82 Å². The van der Waals surface area contributed by atoms with Crippen LogP contribution in [0.15, 0.2) is 6.20 Å². The number of carbonyl (C=O) groups is 1. The summed E-state index contributed by atoms with van der Waals surface area (Å²) in [5, 5.41) is 18.1. The Hall–Kier alpha value is -0.0503. The summed E-state index contributed by atoms with van der Waals surface area (Å²) in [6.07, 6.45) is 1.88. The number of aliphatic hydroxyl groups excluding tert-OH is 1. The second-order valence-corrected chi connectivity index (χ2v) is 3.95. The van der Waals surface area contributed by atoms with Gasteiger partial charge in [0.15, 0.2) is 6.29 Å². The molecule has 0 saturated heterocycles. The van der Waals surface area contributed by atoms with E-state index in [0.717, 1.165) is 0 Å². The first-order chi connectivity index (χ1) is 7.70. The molecule has 0 bridgehead atoms. The average Bonchev–Trinajstić information content (AvgIpc) is 2.19. The summed E-state index contributed by atoms with van der Waals surface area (Å²) in [7, 11) is -4.64. The Labute approximate surface area is 133 Å². The molecule has 1 rings (SSSR count). The summed E-state index contributed by atoms with van der Waals surface area (Å²) < 4.78 is 8.88. The van der Waals surface area contributed by atoms with Crippen molar-refractivity contribution in [3.05, 3.63) is 23.0 Å². The van der Waals surface area contributed by atoms with Crippen molar-refractivity contribution in [2.24, 2.45) is 0 Å². The number of aromatic nitrogens is 1. The van der Waals surface area contributed by atoms with Gasteiger partial charge in [0, 0.05) is 49.5 Å². The molecular weight excluding hydrogens is 293 g/mol. The molecule has 0 fully saturated rings. The van der Waals surface area contributed by atoms with Crippen LogP contribution in [-0.2, 0) is 11.2 Å². The summed E-state index contributed by atoms with van der Waals surface area (Å²) >= 11 is 0. The summed E-state index contributed by atoms with van der Waals surface area (Å²) in [5.41, 5.74) is 0.840. The predicted octanol–water partition coefficient (Wildman–Crippen LogP) is -0.909. The Kier molecular flexibility index (Phi) is 10.1. The molecule has 98 valence electrons. The number of aromatic hydroxyl groups is 1. The molecule has 0 saturated carbocycles. The number of aryl methyl sites for hydroxylation is 1. The quantitative estimate of drug-likeness (QED) is 0.268. The van der Waals surface area contributed by atoms with Crippen LogP contribution in [0, 0.1) is 6.92 Å². The van der Waals surface area contributed by atoms with Gasteiger partial charge in [0.1, 0.15) is 5.75 Å². The van der Waals surface area contributed by atoms with Gasteiger partial charge in [-0.3, -0.25) is 9.78 Å². The van der Waals surface area contributed by atoms with Gasteiger partial charge in [0.25, 0.3) is 0 Å². The van der Waals surface area contributed by atoms with Crippen LogP contribution >= 0.6 is 7.82 Å². The van der Waals surface area contributed by atoms with Gasteiger partial charge in [-0.15, -0.1) is 0 Å². The molecule has 0 unspecified atom stereocenters. The number of nitrogens with zero attached hydrogens (tertiary/aromatic N) is 1. The maximum atomic E-state index is 10.5. The fraction of sp³-hybridized carbons (Fsp3) is 0.250. The zero-order valence-corrected chi connectivity index (χ0v) is 12.6. The van der Waals surface area contributed by atoms with E-state index in [1.807, 2.05) is 0 Å². The maximum absolute atomic E-state index is 10.5. The first-order valence-electron chi connectivity index (χ1n) is 4.22. The average molecular weight is 305 g/mol. The molecule has 0 spiro atoms. The van der Waals surface area contributed by atoms with Gasteiger partial charge in [0.2, 0.25) is 0 Å². The van der Waals surface area contributed by atoms with E-state index in [2.05, 4.69) is 4.98 Å². The summed E-state index contributed by atoms with van der Waals surface area (Å²) in [6, 6.07) is 0. The van der Waals surface area contributed by atoms with Crippen molar-refractivity contribution < 1.29 is 34.3 Å². The van der Waals surface area contributed by atoms with E-state index >= 15 is 0 Å². The number of hydrogen-bond acceptors (Lipinski definition) is 5. The molecule has 0 aliphatic carbocycles. The molecule has 1 heterocycles. The normalized spacial score (nSPS) is 9.83. The van der Waals surface area contributed by atoms with E-state index in [4.69, 9.17) is 24.4 Å². The maximum Gasteiger partial charge on any atom is 0.466 e. The van der Waals surface area contributed by atoms with Crippen molar-refractivity contribution in [2.45, 2.75) is 13.5 Å². The van der Waals surface area contributed by atoms with Crippen molar-refractivity contribution in [1.29, 1.82) is 0 Å². The first kappa shape index (κ1) is 20.3. The zero-order valence-electron chi connectivity index (χ0n) is 9.52. The fourth-order valence-corrected chi connectivity index (χ4v) is 0.910. The van der Waals surface area contributed by atoms with Gasteiger partial charge in [0.05, 0.1) is 17.9 Å². The molecular formula is C8H12CaNO7P. The number of phosphoric acid groups is 1. The van der Waals surface area contributed by atoms with E-state index in [0.29, 0.717) is 17.5 Å². The smallest absolute Gasteiger partial charge is 0.466 e. The Bertz CT molecular complexity index is 439. The monoisotopic (exact) mass is 305 g/mol.